The van der Waals surface area contributed by atoms with Gasteiger partial charge in [0.25, 0.3) is 5.91 Å². The van der Waals surface area contributed by atoms with Crippen molar-refractivity contribution in [2.24, 2.45) is 0 Å². The van der Waals surface area contributed by atoms with Crippen molar-refractivity contribution >= 4 is 52.3 Å². The van der Waals surface area contributed by atoms with Crippen LogP contribution in [0.1, 0.15) is 24.5 Å². The molecule has 2 aliphatic rings. The molecular weight excluding hydrogens is 422 g/mol. The molecule has 2 fully saturated rings. The molecule has 7 nitrogen and oxygen atoms in total. The molecule has 30 heavy (non-hydrogen) atoms. The van der Waals surface area contributed by atoms with Crippen LogP contribution in [-0.4, -0.2) is 76.3 Å². The van der Waals surface area contributed by atoms with Gasteiger partial charge in [-0.2, -0.15) is 0 Å². The summed E-state index contributed by atoms with van der Waals surface area (Å²) in [7, 11) is 0. The van der Waals surface area contributed by atoms with Gasteiger partial charge in [0, 0.05) is 39.1 Å². The Morgan fingerprint density at radius 2 is 1.77 bits per heavy atom. The summed E-state index contributed by atoms with van der Waals surface area (Å²) < 4.78 is 5.46. The van der Waals surface area contributed by atoms with Gasteiger partial charge in [-0.15, -0.1) is 0 Å². The van der Waals surface area contributed by atoms with Crippen LogP contribution in [-0.2, 0) is 14.3 Å². The molecule has 2 heterocycles. The normalized spacial score (nSPS) is 18.3. The first-order valence-electron chi connectivity index (χ1n) is 9.90. The van der Waals surface area contributed by atoms with Crippen LogP contribution < -0.4 is 0 Å². The van der Waals surface area contributed by atoms with E-state index in [-0.39, 0.29) is 30.9 Å². The number of carbonyl (C=O) groups excluding carboxylic acids is 3. The smallest absolute Gasteiger partial charge is 0.409 e. The molecule has 0 N–H and O–H groups in total. The van der Waals surface area contributed by atoms with Gasteiger partial charge in [-0.3, -0.25) is 14.5 Å². The van der Waals surface area contributed by atoms with Crippen LogP contribution in [0.4, 0.5) is 4.79 Å². The number of aryl methyl sites for hydroxylation is 1. The molecule has 0 radical (unpaired) electrons. The van der Waals surface area contributed by atoms with Gasteiger partial charge in [-0.05, 0) is 25.5 Å². The lowest BCUT2D eigenvalue weighted by Crippen LogP contribution is -2.51. The number of carbonyl (C=O) groups is 3. The summed E-state index contributed by atoms with van der Waals surface area (Å²) in [6, 6.07) is 7.91. The van der Waals surface area contributed by atoms with E-state index in [1.807, 2.05) is 37.3 Å². The van der Waals surface area contributed by atoms with Gasteiger partial charge < -0.3 is 14.5 Å². The molecule has 3 rings (SSSR count). The third kappa shape index (κ3) is 5.40. The molecular formula is C21H25N3O4S2. The first-order chi connectivity index (χ1) is 14.4. The summed E-state index contributed by atoms with van der Waals surface area (Å²) in [5.74, 6) is -0.208. The van der Waals surface area contributed by atoms with E-state index >= 15 is 0 Å². The van der Waals surface area contributed by atoms with Crippen molar-refractivity contribution in [2.45, 2.75) is 20.3 Å². The van der Waals surface area contributed by atoms with Crippen LogP contribution in [0.25, 0.3) is 6.08 Å². The third-order valence-corrected chi connectivity index (χ3v) is 6.33. The van der Waals surface area contributed by atoms with E-state index in [2.05, 4.69) is 0 Å². The van der Waals surface area contributed by atoms with E-state index in [1.54, 1.807) is 16.7 Å². The maximum atomic E-state index is 12.7. The molecule has 0 aliphatic carbocycles. The lowest BCUT2D eigenvalue weighted by Gasteiger charge is -2.34. The maximum absolute atomic E-state index is 12.7. The predicted molar refractivity (Wildman–Crippen MR) is 121 cm³/mol. The summed E-state index contributed by atoms with van der Waals surface area (Å²) in [6.45, 7) is 6.19. The molecule has 0 atom stereocenters. The van der Waals surface area contributed by atoms with Crippen LogP contribution in [0.2, 0.25) is 0 Å². The van der Waals surface area contributed by atoms with E-state index in [1.165, 1.54) is 16.7 Å². The second kappa shape index (κ2) is 10.1. The number of amides is 3. The number of thioether (sulfide) groups is 1. The highest BCUT2D eigenvalue weighted by molar-refractivity contribution is 8.26. The summed E-state index contributed by atoms with van der Waals surface area (Å²) >= 11 is 6.62. The van der Waals surface area contributed by atoms with Crippen molar-refractivity contribution in [1.29, 1.82) is 0 Å². The van der Waals surface area contributed by atoms with Crippen molar-refractivity contribution < 1.29 is 19.1 Å². The summed E-state index contributed by atoms with van der Waals surface area (Å²) in [5.41, 5.74) is 2.10. The Labute approximate surface area is 186 Å². The first-order valence-corrected chi connectivity index (χ1v) is 11.1. The van der Waals surface area contributed by atoms with E-state index in [0.29, 0.717) is 42.0 Å². The number of rotatable bonds is 5. The molecule has 2 saturated heterocycles. The number of benzene rings is 1. The van der Waals surface area contributed by atoms with Crippen LogP contribution in [0.5, 0.6) is 0 Å². The van der Waals surface area contributed by atoms with E-state index in [9.17, 15) is 14.4 Å². The quantitative estimate of drug-likeness (QED) is 0.511. The fourth-order valence-corrected chi connectivity index (χ4v) is 4.53. The Bertz CT molecular complexity index is 862. The zero-order chi connectivity index (χ0) is 21.7. The number of nitrogens with zero attached hydrogens (tertiary/aromatic N) is 3. The Kier molecular flexibility index (Phi) is 7.49. The van der Waals surface area contributed by atoms with Gasteiger partial charge in [0.05, 0.1) is 11.5 Å². The van der Waals surface area contributed by atoms with Crippen LogP contribution in [0.3, 0.4) is 0 Å². The largest absolute Gasteiger partial charge is 0.450 e. The Morgan fingerprint density at radius 1 is 1.13 bits per heavy atom. The summed E-state index contributed by atoms with van der Waals surface area (Å²) in [6.07, 6.45) is 1.68. The van der Waals surface area contributed by atoms with Gasteiger partial charge in [-0.1, -0.05) is 53.8 Å². The van der Waals surface area contributed by atoms with Crippen LogP contribution in [0.15, 0.2) is 29.2 Å². The number of hydrogen-bond donors (Lipinski definition) is 0. The van der Waals surface area contributed by atoms with Gasteiger partial charge in [0.1, 0.15) is 4.32 Å². The van der Waals surface area contributed by atoms with Gasteiger partial charge in [0.2, 0.25) is 5.91 Å². The molecule has 0 unspecified atom stereocenters. The number of piperazine rings is 1. The molecule has 2 aliphatic heterocycles. The van der Waals surface area contributed by atoms with Crippen molar-refractivity contribution in [3.05, 3.63) is 40.3 Å². The zero-order valence-corrected chi connectivity index (χ0v) is 18.8. The lowest BCUT2D eigenvalue weighted by atomic mass is 10.1. The molecule has 0 bridgehead atoms. The van der Waals surface area contributed by atoms with Crippen LogP contribution in [0, 0.1) is 6.92 Å². The predicted octanol–water partition coefficient (Wildman–Crippen LogP) is 2.89. The second-order valence-corrected chi connectivity index (χ2v) is 8.74. The average molecular weight is 448 g/mol. The van der Waals surface area contributed by atoms with Crippen molar-refractivity contribution in [3.63, 3.8) is 0 Å². The third-order valence-electron chi connectivity index (χ3n) is 4.96. The molecule has 1 aromatic rings. The van der Waals surface area contributed by atoms with Gasteiger partial charge in [-0.25, -0.2) is 4.79 Å². The Morgan fingerprint density at radius 3 is 2.40 bits per heavy atom. The highest BCUT2D eigenvalue weighted by atomic mass is 32.2. The second-order valence-electron chi connectivity index (χ2n) is 7.06. The van der Waals surface area contributed by atoms with Crippen molar-refractivity contribution in [2.75, 3.05) is 39.3 Å². The van der Waals surface area contributed by atoms with Gasteiger partial charge in [0.15, 0.2) is 0 Å². The number of thiocarbonyl (C=S) groups is 1. The minimum atomic E-state index is -0.345. The summed E-state index contributed by atoms with van der Waals surface area (Å²) in [4.78, 5) is 42.4. The summed E-state index contributed by atoms with van der Waals surface area (Å²) in [5, 5.41) is 0. The van der Waals surface area contributed by atoms with Gasteiger partial charge >= 0.3 is 6.09 Å². The van der Waals surface area contributed by atoms with E-state index in [0.717, 1.165) is 11.1 Å². The van der Waals surface area contributed by atoms with Crippen LogP contribution >= 0.6 is 24.0 Å². The minimum Gasteiger partial charge on any atom is -0.450 e. The lowest BCUT2D eigenvalue weighted by molar-refractivity contribution is -0.133. The highest BCUT2D eigenvalue weighted by Crippen LogP contribution is 2.32. The first kappa shape index (κ1) is 22.3. The van der Waals surface area contributed by atoms with Crippen molar-refractivity contribution in [3.8, 4) is 0 Å². The zero-order valence-electron chi connectivity index (χ0n) is 17.1. The Balaban J connectivity index is 1.51. The standard InChI is InChI=1S/C21H25N3O4S2/c1-3-28-20(27)23-12-10-22(11-13-23)18(25)8-9-24-19(26)17(30-21(24)29)14-16-6-4-15(2)5-7-16/h4-7,14H,3,8-13H2,1-2H3/b17-14-. The van der Waals surface area contributed by atoms with E-state index < -0.39 is 0 Å². The molecule has 3 amide bonds. The Hall–Kier alpha value is -2.39. The molecule has 0 saturated carbocycles. The molecule has 0 spiro atoms. The molecule has 0 aromatic heterocycles. The van der Waals surface area contributed by atoms with E-state index in [4.69, 9.17) is 17.0 Å². The topological polar surface area (TPSA) is 70.2 Å². The molecule has 1 aromatic carbocycles. The highest BCUT2D eigenvalue weighted by Gasteiger charge is 2.33. The molecule has 160 valence electrons. The fraction of sp³-hybridized carbons (Fsp3) is 0.429. The maximum Gasteiger partial charge on any atom is 0.409 e. The fourth-order valence-electron chi connectivity index (χ4n) is 3.23. The average Bonchev–Trinajstić information content (AvgIpc) is 3.00. The number of hydrogen-bond acceptors (Lipinski definition) is 6. The number of ether oxygens (including phenoxy) is 1. The monoisotopic (exact) mass is 447 g/mol. The SMILES string of the molecule is CCOC(=O)N1CCN(C(=O)CCN2C(=O)/C(=C/c3ccc(C)cc3)SC2=S)CC1. The minimum absolute atomic E-state index is 0.0462. The molecule has 9 heteroatoms. The van der Waals surface area contributed by atoms with Crippen molar-refractivity contribution in [1.82, 2.24) is 14.7 Å².